The summed E-state index contributed by atoms with van der Waals surface area (Å²) in [5.74, 6) is -1.33. The van der Waals surface area contributed by atoms with Gasteiger partial charge in [0.1, 0.15) is 5.75 Å². The minimum atomic E-state index is -3.91. The number of methoxy groups -OCH3 is 1. The number of benzene rings is 1. The number of aryl methyl sites for hydroxylation is 2. The maximum absolute atomic E-state index is 12.8. The summed E-state index contributed by atoms with van der Waals surface area (Å²) in [5.41, 5.74) is 1.07. The lowest BCUT2D eigenvalue weighted by molar-refractivity contribution is 0.0532. The molecule has 2 nitrogen and oxygen atoms in total. The Hall–Kier alpha value is -1.16. The van der Waals surface area contributed by atoms with Crippen molar-refractivity contribution in [1.29, 1.82) is 0 Å². The van der Waals surface area contributed by atoms with Crippen LogP contribution in [0.25, 0.3) is 0 Å². The summed E-state index contributed by atoms with van der Waals surface area (Å²) >= 11 is 4.72. The number of ether oxygens (including phenoxy) is 1. The smallest absolute Gasteiger partial charge is 0.385 e. The van der Waals surface area contributed by atoms with Crippen LogP contribution in [0.2, 0.25) is 0 Å². The van der Waals surface area contributed by atoms with Gasteiger partial charge in [-0.2, -0.15) is 8.78 Å². The molecule has 1 aromatic carbocycles. The number of hydrogen-bond acceptors (Lipinski definition) is 2. The number of alkyl halides is 3. The first-order valence-corrected chi connectivity index (χ1v) is 4.92. The number of carbonyl (C=O) groups is 1. The molecule has 0 unspecified atom stereocenters. The van der Waals surface area contributed by atoms with Gasteiger partial charge in [0, 0.05) is 0 Å². The Balaban J connectivity index is 3.38. The van der Waals surface area contributed by atoms with Gasteiger partial charge in [-0.1, -0.05) is 6.07 Å². The van der Waals surface area contributed by atoms with E-state index in [-0.39, 0.29) is 11.3 Å². The third-order valence-electron chi connectivity index (χ3n) is 2.15. The predicted molar refractivity (Wildman–Crippen MR) is 57.6 cm³/mol. The van der Waals surface area contributed by atoms with Crippen molar-refractivity contribution in [3.05, 3.63) is 28.8 Å². The summed E-state index contributed by atoms with van der Waals surface area (Å²) in [6.45, 7) is 3.34. The third kappa shape index (κ3) is 2.50. The van der Waals surface area contributed by atoms with Gasteiger partial charge in [0.15, 0.2) is 0 Å². The molecule has 0 bridgehead atoms. The van der Waals surface area contributed by atoms with Crippen LogP contribution < -0.4 is 4.74 Å². The molecule has 0 aliphatic carbocycles. The van der Waals surface area contributed by atoms with Gasteiger partial charge >= 0.3 is 5.38 Å². The van der Waals surface area contributed by atoms with Gasteiger partial charge < -0.3 is 4.74 Å². The Kier molecular flexibility index (Phi) is 3.53. The van der Waals surface area contributed by atoms with Crippen LogP contribution in [0.15, 0.2) is 12.1 Å². The molecule has 0 saturated heterocycles. The topological polar surface area (TPSA) is 26.3 Å². The second kappa shape index (κ2) is 4.37. The number of rotatable bonds is 3. The average Bonchev–Trinajstić information content (AvgIpc) is 2.14. The highest BCUT2D eigenvalue weighted by Gasteiger charge is 2.39. The van der Waals surface area contributed by atoms with E-state index in [0.717, 1.165) is 5.56 Å². The molecule has 88 valence electrons. The molecule has 0 radical (unpaired) electrons. The van der Waals surface area contributed by atoms with Crippen molar-refractivity contribution in [3.63, 3.8) is 0 Å². The fourth-order valence-electron chi connectivity index (χ4n) is 1.52. The predicted octanol–water partition coefficient (Wildman–Crippen LogP) is 3.33. The van der Waals surface area contributed by atoms with Crippen LogP contribution in [0, 0.1) is 13.8 Å². The maximum atomic E-state index is 12.8. The van der Waals surface area contributed by atoms with Gasteiger partial charge in [0.05, 0.1) is 12.7 Å². The molecule has 0 N–H and O–H groups in total. The summed E-state index contributed by atoms with van der Waals surface area (Å²) in [7, 11) is 1.32. The van der Waals surface area contributed by atoms with E-state index in [1.807, 2.05) is 0 Å². The van der Waals surface area contributed by atoms with Crippen molar-refractivity contribution in [1.82, 2.24) is 0 Å². The van der Waals surface area contributed by atoms with Gasteiger partial charge in [-0.3, -0.25) is 4.79 Å². The zero-order valence-electron chi connectivity index (χ0n) is 9.11. The van der Waals surface area contributed by atoms with Gasteiger partial charge in [-0.05, 0) is 42.6 Å². The molecule has 5 heteroatoms. The molecule has 0 aliphatic heterocycles. The van der Waals surface area contributed by atoms with Gasteiger partial charge in [-0.15, -0.1) is 0 Å². The molecule has 0 amide bonds. The monoisotopic (exact) mass is 248 g/mol. The third-order valence-corrected chi connectivity index (χ3v) is 2.32. The van der Waals surface area contributed by atoms with E-state index in [1.165, 1.54) is 13.2 Å². The van der Waals surface area contributed by atoms with Crippen LogP contribution in [-0.4, -0.2) is 18.3 Å². The molecule has 0 atom stereocenters. The van der Waals surface area contributed by atoms with Crippen molar-refractivity contribution >= 4 is 17.4 Å². The molecule has 0 heterocycles. The minimum Gasteiger partial charge on any atom is -0.496 e. The lowest BCUT2D eigenvalue weighted by atomic mass is 10.0. The lowest BCUT2D eigenvalue weighted by Gasteiger charge is -2.14. The Morgan fingerprint density at radius 1 is 1.38 bits per heavy atom. The summed E-state index contributed by atoms with van der Waals surface area (Å²) < 4.78 is 30.4. The van der Waals surface area contributed by atoms with Crippen LogP contribution >= 0.6 is 11.6 Å². The van der Waals surface area contributed by atoms with Crippen LogP contribution in [0.4, 0.5) is 8.78 Å². The van der Waals surface area contributed by atoms with Crippen LogP contribution in [0.5, 0.6) is 5.75 Å². The molecular formula is C11H11ClF2O2. The SMILES string of the molecule is COc1cc(C)cc(C)c1C(=O)C(F)(F)Cl. The van der Waals surface area contributed by atoms with E-state index >= 15 is 0 Å². The summed E-state index contributed by atoms with van der Waals surface area (Å²) in [6, 6.07) is 3.14. The highest BCUT2D eigenvalue weighted by Crippen LogP contribution is 2.32. The van der Waals surface area contributed by atoms with Gasteiger partial charge in [-0.25, -0.2) is 0 Å². The van der Waals surface area contributed by atoms with E-state index in [4.69, 9.17) is 16.3 Å². The fourth-order valence-corrected chi connectivity index (χ4v) is 1.62. The molecule has 1 aromatic rings. The van der Waals surface area contributed by atoms with Crippen molar-refractivity contribution in [2.24, 2.45) is 0 Å². The van der Waals surface area contributed by atoms with E-state index in [9.17, 15) is 13.6 Å². The normalized spacial score (nSPS) is 11.4. The van der Waals surface area contributed by atoms with Crippen molar-refractivity contribution in [2.45, 2.75) is 19.2 Å². The molecule has 0 fully saturated rings. The number of carbonyl (C=O) groups excluding carboxylic acids is 1. The summed E-state index contributed by atoms with van der Waals surface area (Å²) in [4.78, 5) is 11.4. The van der Waals surface area contributed by atoms with E-state index in [1.54, 1.807) is 19.9 Å². The van der Waals surface area contributed by atoms with Crippen molar-refractivity contribution < 1.29 is 18.3 Å². The van der Waals surface area contributed by atoms with Crippen LogP contribution in [0.1, 0.15) is 21.5 Å². The molecule has 0 aliphatic rings. The number of Topliss-reactive ketones (excluding diaryl/α,β-unsaturated/α-hetero) is 1. The number of hydrogen-bond donors (Lipinski definition) is 0. The van der Waals surface area contributed by atoms with E-state index < -0.39 is 11.2 Å². The van der Waals surface area contributed by atoms with E-state index in [0.29, 0.717) is 5.56 Å². The first-order valence-electron chi connectivity index (χ1n) is 4.54. The average molecular weight is 249 g/mol. The highest BCUT2D eigenvalue weighted by atomic mass is 35.5. The largest absolute Gasteiger partial charge is 0.496 e. The van der Waals surface area contributed by atoms with Gasteiger partial charge in [0.25, 0.3) is 5.78 Å². The quantitative estimate of drug-likeness (QED) is 0.606. The minimum absolute atomic E-state index is 0.114. The molecule has 0 saturated carbocycles. The second-order valence-corrected chi connectivity index (χ2v) is 3.96. The summed E-state index contributed by atoms with van der Waals surface area (Å²) in [6.07, 6.45) is 0. The fraction of sp³-hybridized carbons (Fsp3) is 0.364. The summed E-state index contributed by atoms with van der Waals surface area (Å²) in [5, 5.41) is -3.91. The second-order valence-electron chi connectivity index (χ2n) is 3.49. The van der Waals surface area contributed by atoms with Crippen molar-refractivity contribution in [2.75, 3.05) is 7.11 Å². The Bertz CT molecular complexity index is 425. The standard InChI is InChI=1S/C11H11ClF2O2/c1-6-4-7(2)9(8(5-6)16-3)10(15)11(12,13)14/h4-5H,1-3H3. The highest BCUT2D eigenvalue weighted by molar-refractivity contribution is 6.35. The Morgan fingerprint density at radius 3 is 2.38 bits per heavy atom. The van der Waals surface area contributed by atoms with Crippen LogP contribution in [-0.2, 0) is 0 Å². The van der Waals surface area contributed by atoms with Crippen LogP contribution in [0.3, 0.4) is 0 Å². The Labute approximate surface area is 97.2 Å². The first-order chi connectivity index (χ1) is 7.27. The number of halogens is 3. The van der Waals surface area contributed by atoms with E-state index in [2.05, 4.69) is 0 Å². The van der Waals surface area contributed by atoms with Gasteiger partial charge in [0.2, 0.25) is 0 Å². The molecule has 0 spiro atoms. The molecule has 1 rings (SSSR count). The molecule has 16 heavy (non-hydrogen) atoms. The van der Waals surface area contributed by atoms with Crippen molar-refractivity contribution in [3.8, 4) is 5.75 Å². The zero-order chi connectivity index (χ0) is 12.5. The molecular weight excluding hydrogens is 238 g/mol. The lowest BCUT2D eigenvalue weighted by Crippen LogP contribution is -2.23. The molecule has 0 aromatic heterocycles. The number of ketones is 1. The zero-order valence-corrected chi connectivity index (χ0v) is 9.86. The maximum Gasteiger partial charge on any atom is 0.385 e. The Morgan fingerprint density at radius 2 is 1.94 bits per heavy atom. The first kappa shape index (κ1) is 12.9.